The summed E-state index contributed by atoms with van der Waals surface area (Å²) in [5, 5.41) is 0. The van der Waals surface area contributed by atoms with Crippen molar-refractivity contribution in [1.29, 1.82) is 0 Å². The largest absolute Gasteiger partial charge is 0.342 e. The highest BCUT2D eigenvalue weighted by Gasteiger charge is 2.45. The Morgan fingerprint density at radius 1 is 1.33 bits per heavy atom. The number of nitrogens with two attached hydrogens (primary N) is 1. The molecule has 104 valence electrons. The van der Waals surface area contributed by atoms with Crippen LogP contribution in [0.2, 0.25) is 0 Å². The van der Waals surface area contributed by atoms with Crippen molar-refractivity contribution in [2.45, 2.75) is 51.1 Å². The molecule has 2 unspecified atom stereocenters. The normalized spacial score (nSPS) is 34.8. The molecule has 2 fully saturated rings. The second kappa shape index (κ2) is 5.17. The maximum absolute atomic E-state index is 12.7. The Bertz CT molecular complexity index is 312. The molecule has 2 aliphatic rings. The summed E-state index contributed by atoms with van der Waals surface area (Å²) in [5.74, 6) is 0.266. The molecule has 2 N–H and O–H groups in total. The summed E-state index contributed by atoms with van der Waals surface area (Å²) < 4.78 is 0. The lowest BCUT2D eigenvalue weighted by molar-refractivity contribution is -0.143. The van der Waals surface area contributed by atoms with Gasteiger partial charge in [-0.3, -0.25) is 4.79 Å². The van der Waals surface area contributed by atoms with Crippen molar-refractivity contribution in [3.63, 3.8) is 0 Å². The van der Waals surface area contributed by atoms with E-state index in [0.717, 1.165) is 45.2 Å². The molecule has 1 saturated carbocycles. The van der Waals surface area contributed by atoms with Crippen molar-refractivity contribution in [3.8, 4) is 0 Å². The third-order valence-electron chi connectivity index (χ3n) is 5.07. The number of nitrogens with zero attached hydrogens (tertiary/aromatic N) is 2. The first-order valence-electron chi connectivity index (χ1n) is 7.16. The van der Waals surface area contributed by atoms with Crippen LogP contribution >= 0.6 is 0 Å². The van der Waals surface area contributed by atoms with Crippen molar-refractivity contribution in [2.24, 2.45) is 11.1 Å². The molecule has 4 heteroatoms. The summed E-state index contributed by atoms with van der Waals surface area (Å²) >= 11 is 0. The summed E-state index contributed by atoms with van der Waals surface area (Å²) in [4.78, 5) is 17.0. The SMILES string of the molecule is CN1CCC(N(C)C(=O)C2(C)CCCC2N)CC1. The van der Waals surface area contributed by atoms with Gasteiger partial charge in [-0.1, -0.05) is 6.42 Å². The second-order valence-electron chi connectivity index (χ2n) is 6.37. The van der Waals surface area contributed by atoms with E-state index in [0.29, 0.717) is 6.04 Å². The minimum Gasteiger partial charge on any atom is -0.342 e. The highest BCUT2D eigenvalue weighted by atomic mass is 16.2. The Balaban J connectivity index is 2.00. The molecule has 1 aliphatic carbocycles. The summed E-state index contributed by atoms with van der Waals surface area (Å²) in [7, 11) is 4.11. The van der Waals surface area contributed by atoms with Crippen molar-refractivity contribution >= 4 is 5.91 Å². The maximum Gasteiger partial charge on any atom is 0.230 e. The van der Waals surface area contributed by atoms with Gasteiger partial charge in [0.15, 0.2) is 0 Å². The number of likely N-dealkylation sites (tertiary alicyclic amines) is 1. The molecule has 1 aliphatic heterocycles. The number of carbonyl (C=O) groups is 1. The second-order valence-corrected chi connectivity index (χ2v) is 6.37. The minimum atomic E-state index is -0.321. The first-order chi connectivity index (χ1) is 8.45. The smallest absolute Gasteiger partial charge is 0.230 e. The topological polar surface area (TPSA) is 49.6 Å². The minimum absolute atomic E-state index is 0.0405. The van der Waals surface area contributed by atoms with Gasteiger partial charge in [0.05, 0.1) is 5.41 Å². The van der Waals surface area contributed by atoms with Crippen LogP contribution in [0.25, 0.3) is 0 Å². The van der Waals surface area contributed by atoms with Crippen molar-refractivity contribution in [3.05, 3.63) is 0 Å². The molecule has 0 spiro atoms. The van der Waals surface area contributed by atoms with Crippen LogP contribution in [-0.4, -0.2) is 55.0 Å². The first-order valence-corrected chi connectivity index (χ1v) is 7.16. The van der Waals surface area contributed by atoms with Gasteiger partial charge in [0, 0.05) is 19.1 Å². The van der Waals surface area contributed by atoms with Crippen LogP contribution in [0, 0.1) is 5.41 Å². The Kier molecular flexibility index (Phi) is 3.97. The molecule has 0 bridgehead atoms. The van der Waals surface area contributed by atoms with E-state index in [9.17, 15) is 4.79 Å². The van der Waals surface area contributed by atoms with Gasteiger partial charge in [0.25, 0.3) is 0 Å². The van der Waals surface area contributed by atoms with Gasteiger partial charge in [-0.2, -0.15) is 0 Å². The predicted molar refractivity (Wildman–Crippen MR) is 73.2 cm³/mol. The zero-order valence-corrected chi connectivity index (χ0v) is 12.0. The number of piperidine rings is 1. The lowest BCUT2D eigenvalue weighted by Crippen LogP contribution is -2.53. The standard InChI is InChI=1S/C14H27N3O/c1-14(8-4-5-12(14)15)13(18)17(3)11-6-9-16(2)10-7-11/h11-12H,4-10,15H2,1-3H3. The molecule has 0 aromatic rings. The lowest BCUT2D eigenvalue weighted by atomic mass is 9.83. The fourth-order valence-electron chi connectivity index (χ4n) is 3.41. The van der Waals surface area contributed by atoms with Crippen LogP contribution in [0.3, 0.4) is 0 Å². The molecule has 0 radical (unpaired) electrons. The fraction of sp³-hybridized carbons (Fsp3) is 0.929. The Morgan fingerprint density at radius 2 is 1.94 bits per heavy atom. The van der Waals surface area contributed by atoms with E-state index in [1.54, 1.807) is 0 Å². The van der Waals surface area contributed by atoms with Crippen LogP contribution in [-0.2, 0) is 4.79 Å². The van der Waals surface area contributed by atoms with Crippen LogP contribution < -0.4 is 5.73 Å². The monoisotopic (exact) mass is 253 g/mol. The Labute approximate surface area is 110 Å². The van der Waals surface area contributed by atoms with E-state index in [4.69, 9.17) is 5.73 Å². The number of rotatable bonds is 2. The highest BCUT2D eigenvalue weighted by molar-refractivity contribution is 5.83. The maximum atomic E-state index is 12.7. The first kappa shape index (κ1) is 13.8. The van der Waals surface area contributed by atoms with Crippen LogP contribution in [0.1, 0.15) is 39.0 Å². The summed E-state index contributed by atoms with van der Waals surface area (Å²) in [6, 6.07) is 0.442. The molecule has 1 saturated heterocycles. The molecule has 2 atom stereocenters. The van der Waals surface area contributed by atoms with E-state index in [-0.39, 0.29) is 17.4 Å². The number of hydrogen-bond donors (Lipinski definition) is 1. The predicted octanol–water partition coefficient (Wildman–Crippen LogP) is 1.06. The van der Waals surface area contributed by atoms with E-state index >= 15 is 0 Å². The van der Waals surface area contributed by atoms with Gasteiger partial charge < -0.3 is 15.5 Å². The highest BCUT2D eigenvalue weighted by Crippen LogP contribution is 2.38. The van der Waals surface area contributed by atoms with Crippen molar-refractivity contribution < 1.29 is 4.79 Å². The van der Waals surface area contributed by atoms with E-state index < -0.39 is 0 Å². The van der Waals surface area contributed by atoms with Crippen LogP contribution in [0.5, 0.6) is 0 Å². The molecule has 2 rings (SSSR count). The molecule has 4 nitrogen and oxygen atoms in total. The Hall–Kier alpha value is -0.610. The fourth-order valence-corrected chi connectivity index (χ4v) is 3.41. The third-order valence-corrected chi connectivity index (χ3v) is 5.07. The van der Waals surface area contributed by atoms with Gasteiger partial charge in [-0.25, -0.2) is 0 Å². The van der Waals surface area contributed by atoms with Gasteiger partial charge in [0.2, 0.25) is 5.91 Å². The van der Waals surface area contributed by atoms with Crippen LogP contribution in [0.15, 0.2) is 0 Å². The number of amides is 1. The summed E-state index contributed by atoms with van der Waals surface area (Å²) in [6.45, 7) is 4.23. The lowest BCUT2D eigenvalue weighted by Gasteiger charge is -2.40. The molecule has 0 aromatic heterocycles. The van der Waals surface area contributed by atoms with E-state index in [2.05, 4.69) is 18.9 Å². The summed E-state index contributed by atoms with van der Waals surface area (Å²) in [6.07, 6.45) is 5.20. The number of carbonyl (C=O) groups excluding carboxylic acids is 1. The molecule has 18 heavy (non-hydrogen) atoms. The van der Waals surface area contributed by atoms with Gasteiger partial charge in [0.1, 0.15) is 0 Å². The molecule has 1 amide bonds. The third kappa shape index (κ3) is 2.41. The quantitative estimate of drug-likeness (QED) is 0.800. The Morgan fingerprint density at radius 3 is 2.44 bits per heavy atom. The average Bonchev–Trinajstić information content (AvgIpc) is 2.70. The summed E-state index contributed by atoms with van der Waals surface area (Å²) in [5.41, 5.74) is 5.83. The average molecular weight is 253 g/mol. The molecular formula is C14H27N3O. The van der Waals surface area contributed by atoms with Crippen molar-refractivity contribution in [2.75, 3.05) is 27.2 Å². The molecule has 1 heterocycles. The van der Waals surface area contributed by atoms with E-state index in [1.807, 2.05) is 11.9 Å². The zero-order valence-electron chi connectivity index (χ0n) is 12.0. The molecular weight excluding hydrogens is 226 g/mol. The van der Waals surface area contributed by atoms with Gasteiger partial charge in [-0.15, -0.1) is 0 Å². The van der Waals surface area contributed by atoms with Crippen LogP contribution in [0.4, 0.5) is 0 Å². The van der Waals surface area contributed by atoms with Gasteiger partial charge >= 0.3 is 0 Å². The van der Waals surface area contributed by atoms with E-state index in [1.165, 1.54) is 0 Å². The van der Waals surface area contributed by atoms with Crippen molar-refractivity contribution in [1.82, 2.24) is 9.80 Å². The zero-order chi connectivity index (χ0) is 13.3. The molecule has 0 aromatic carbocycles. The van der Waals surface area contributed by atoms with Gasteiger partial charge in [-0.05, 0) is 52.7 Å². The number of hydrogen-bond acceptors (Lipinski definition) is 3.